The van der Waals surface area contributed by atoms with Crippen LogP contribution in [0.5, 0.6) is 5.88 Å². The minimum absolute atomic E-state index is 0.0331. The molecule has 6 heteroatoms. The number of pyridine rings is 1. The minimum Gasteiger partial charge on any atom is -0.477 e. The molecule has 1 heterocycles. The molecule has 1 aromatic heterocycles. The summed E-state index contributed by atoms with van der Waals surface area (Å²) < 4.78 is 5.22. The number of amides is 1. The zero-order valence-corrected chi connectivity index (χ0v) is 12.8. The van der Waals surface area contributed by atoms with Gasteiger partial charge in [-0.25, -0.2) is 4.98 Å². The lowest BCUT2D eigenvalue weighted by molar-refractivity contribution is 0.0916. The Morgan fingerprint density at radius 1 is 1.55 bits per heavy atom. The van der Waals surface area contributed by atoms with Crippen LogP contribution in [0, 0.1) is 5.92 Å². The largest absolute Gasteiger partial charge is 0.477 e. The summed E-state index contributed by atoms with van der Waals surface area (Å²) in [6, 6.07) is 1.45. The van der Waals surface area contributed by atoms with Gasteiger partial charge in [0.15, 0.2) is 0 Å². The van der Waals surface area contributed by atoms with Crippen LogP contribution >= 0.6 is 11.6 Å². The predicted molar refractivity (Wildman–Crippen MR) is 78.2 cm³/mol. The Balaban J connectivity index is 2.79. The van der Waals surface area contributed by atoms with Gasteiger partial charge in [-0.2, -0.15) is 0 Å². The zero-order chi connectivity index (χ0) is 15.1. The van der Waals surface area contributed by atoms with Crippen molar-refractivity contribution in [2.24, 2.45) is 5.92 Å². The van der Waals surface area contributed by atoms with Crippen molar-refractivity contribution in [1.82, 2.24) is 10.3 Å². The third-order valence-corrected chi connectivity index (χ3v) is 3.18. The van der Waals surface area contributed by atoms with Crippen LogP contribution in [0.25, 0.3) is 0 Å². The lowest BCUT2D eigenvalue weighted by Crippen LogP contribution is -2.39. The number of carbonyl (C=O) groups is 1. The summed E-state index contributed by atoms with van der Waals surface area (Å²) in [5.74, 6) is 0.299. The van der Waals surface area contributed by atoms with E-state index >= 15 is 0 Å². The summed E-state index contributed by atoms with van der Waals surface area (Å²) >= 11 is 6.00. The molecule has 0 aromatic carbocycles. The Kier molecular flexibility index (Phi) is 6.75. The van der Waals surface area contributed by atoms with E-state index in [-0.39, 0.29) is 24.5 Å². The highest BCUT2D eigenvalue weighted by Crippen LogP contribution is 2.22. The molecule has 0 bridgehead atoms. The number of aromatic nitrogens is 1. The molecule has 1 rings (SSSR count). The van der Waals surface area contributed by atoms with Crippen LogP contribution in [-0.2, 0) is 0 Å². The van der Waals surface area contributed by atoms with Gasteiger partial charge in [-0.3, -0.25) is 4.79 Å². The Labute approximate surface area is 124 Å². The Hall–Kier alpha value is -1.33. The van der Waals surface area contributed by atoms with E-state index in [0.29, 0.717) is 29.5 Å². The maximum Gasteiger partial charge on any atom is 0.253 e. The van der Waals surface area contributed by atoms with Gasteiger partial charge in [0.05, 0.1) is 12.2 Å². The zero-order valence-electron chi connectivity index (χ0n) is 12.0. The van der Waals surface area contributed by atoms with Crippen LogP contribution in [0.3, 0.4) is 0 Å². The first-order valence-corrected chi connectivity index (χ1v) is 7.07. The molecule has 112 valence electrons. The average molecular weight is 301 g/mol. The van der Waals surface area contributed by atoms with E-state index < -0.39 is 0 Å². The van der Waals surface area contributed by atoms with Crippen molar-refractivity contribution in [3.05, 3.63) is 22.8 Å². The Morgan fingerprint density at radius 2 is 2.25 bits per heavy atom. The molecule has 1 atom stereocenters. The van der Waals surface area contributed by atoms with E-state index in [4.69, 9.17) is 21.4 Å². The lowest BCUT2D eigenvalue weighted by Gasteiger charge is -2.21. The molecule has 20 heavy (non-hydrogen) atoms. The van der Waals surface area contributed by atoms with Crippen molar-refractivity contribution in [2.75, 3.05) is 13.2 Å². The summed E-state index contributed by atoms with van der Waals surface area (Å²) in [5, 5.41) is 12.2. The SMILES string of the molecule is CCOc1ncc(C(=O)NC(CCO)C(C)C)cc1Cl. The lowest BCUT2D eigenvalue weighted by atomic mass is 10.0. The first kappa shape index (κ1) is 16.7. The summed E-state index contributed by atoms with van der Waals surface area (Å²) in [7, 11) is 0. The number of hydrogen-bond acceptors (Lipinski definition) is 4. The summed E-state index contributed by atoms with van der Waals surface area (Å²) in [6.07, 6.45) is 1.95. The maximum absolute atomic E-state index is 12.1. The highest BCUT2D eigenvalue weighted by atomic mass is 35.5. The van der Waals surface area contributed by atoms with Gasteiger partial charge in [-0.05, 0) is 25.3 Å². The maximum atomic E-state index is 12.1. The van der Waals surface area contributed by atoms with Crippen LogP contribution in [0.15, 0.2) is 12.3 Å². The molecule has 1 amide bonds. The molecule has 5 nitrogen and oxygen atoms in total. The van der Waals surface area contributed by atoms with Crippen molar-refractivity contribution < 1.29 is 14.6 Å². The van der Waals surface area contributed by atoms with Gasteiger partial charge in [-0.1, -0.05) is 25.4 Å². The number of nitrogens with one attached hydrogen (secondary N) is 1. The minimum atomic E-state index is -0.255. The molecule has 0 aliphatic heterocycles. The third-order valence-electron chi connectivity index (χ3n) is 2.91. The highest BCUT2D eigenvalue weighted by Gasteiger charge is 2.18. The fourth-order valence-corrected chi connectivity index (χ4v) is 1.98. The normalized spacial score (nSPS) is 12.3. The van der Waals surface area contributed by atoms with Gasteiger partial charge in [0.2, 0.25) is 5.88 Å². The second-order valence-corrected chi connectivity index (χ2v) is 5.19. The van der Waals surface area contributed by atoms with E-state index in [2.05, 4.69) is 10.3 Å². The van der Waals surface area contributed by atoms with Crippen LogP contribution in [0.2, 0.25) is 5.02 Å². The van der Waals surface area contributed by atoms with Crippen molar-refractivity contribution in [3.8, 4) is 5.88 Å². The number of aliphatic hydroxyl groups excluding tert-OH is 1. The van der Waals surface area contributed by atoms with Crippen LogP contribution in [0.4, 0.5) is 0 Å². The highest BCUT2D eigenvalue weighted by molar-refractivity contribution is 6.32. The molecule has 0 spiro atoms. The van der Waals surface area contributed by atoms with Crippen molar-refractivity contribution in [1.29, 1.82) is 0 Å². The molecule has 0 saturated carbocycles. The van der Waals surface area contributed by atoms with Crippen LogP contribution in [0.1, 0.15) is 37.6 Å². The quantitative estimate of drug-likeness (QED) is 0.810. The molecule has 0 radical (unpaired) electrons. The third kappa shape index (κ3) is 4.65. The molecular formula is C14H21ClN2O3. The smallest absolute Gasteiger partial charge is 0.253 e. The van der Waals surface area contributed by atoms with Gasteiger partial charge < -0.3 is 15.2 Å². The monoisotopic (exact) mass is 300 g/mol. The van der Waals surface area contributed by atoms with Gasteiger partial charge in [0, 0.05) is 18.8 Å². The van der Waals surface area contributed by atoms with Crippen molar-refractivity contribution >= 4 is 17.5 Å². The average Bonchev–Trinajstić information content (AvgIpc) is 2.40. The number of halogens is 1. The van der Waals surface area contributed by atoms with Gasteiger partial charge >= 0.3 is 0 Å². The topological polar surface area (TPSA) is 71.5 Å². The van der Waals surface area contributed by atoms with Crippen molar-refractivity contribution in [2.45, 2.75) is 33.2 Å². The van der Waals surface area contributed by atoms with Gasteiger partial charge in [0.1, 0.15) is 5.02 Å². The number of aliphatic hydroxyl groups is 1. The van der Waals surface area contributed by atoms with E-state index in [1.165, 1.54) is 12.3 Å². The molecule has 0 saturated heterocycles. The fraction of sp³-hybridized carbons (Fsp3) is 0.571. The van der Waals surface area contributed by atoms with E-state index in [0.717, 1.165) is 0 Å². The van der Waals surface area contributed by atoms with Crippen molar-refractivity contribution in [3.63, 3.8) is 0 Å². The second-order valence-electron chi connectivity index (χ2n) is 4.78. The fourth-order valence-electron chi connectivity index (χ4n) is 1.76. The number of hydrogen-bond donors (Lipinski definition) is 2. The molecule has 2 N–H and O–H groups in total. The summed E-state index contributed by atoms with van der Waals surface area (Å²) in [4.78, 5) is 16.1. The molecule has 0 fully saturated rings. The van der Waals surface area contributed by atoms with Gasteiger partial charge in [0.25, 0.3) is 5.91 Å². The Bertz CT molecular complexity index is 452. The summed E-state index contributed by atoms with van der Waals surface area (Å²) in [5.41, 5.74) is 0.377. The molecular weight excluding hydrogens is 280 g/mol. The summed E-state index contributed by atoms with van der Waals surface area (Å²) in [6.45, 7) is 6.31. The molecule has 1 aromatic rings. The van der Waals surface area contributed by atoms with E-state index in [1.807, 2.05) is 20.8 Å². The molecule has 0 aliphatic rings. The predicted octanol–water partition coefficient (Wildman–Crippen LogP) is 2.27. The number of rotatable bonds is 7. The first-order chi connectivity index (χ1) is 9.49. The number of nitrogens with zero attached hydrogens (tertiary/aromatic N) is 1. The van der Waals surface area contributed by atoms with Crippen LogP contribution < -0.4 is 10.1 Å². The standard InChI is InChI=1S/C14H21ClN2O3/c1-4-20-14-11(15)7-10(8-16-14)13(19)17-12(5-6-18)9(2)3/h7-9,12,18H,4-6H2,1-3H3,(H,17,19). The number of ether oxygens (including phenoxy) is 1. The molecule has 1 unspecified atom stereocenters. The molecule has 0 aliphatic carbocycles. The number of carbonyl (C=O) groups excluding carboxylic acids is 1. The second kappa shape index (κ2) is 8.07. The van der Waals surface area contributed by atoms with E-state index in [1.54, 1.807) is 0 Å². The first-order valence-electron chi connectivity index (χ1n) is 6.69. The van der Waals surface area contributed by atoms with Crippen LogP contribution in [-0.4, -0.2) is 35.3 Å². The van der Waals surface area contributed by atoms with Gasteiger partial charge in [-0.15, -0.1) is 0 Å². The Morgan fingerprint density at radius 3 is 2.75 bits per heavy atom. The van der Waals surface area contributed by atoms with E-state index in [9.17, 15) is 4.79 Å².